The number of benzene rings is 1. The third kappa shape index (κ3) is 2.67. The molecule has 2 aromatic rings. The first-order chi connectivity index (χ1) is 8.90. The van der Waals surface area contributed by atoms with Crippen molar-refractivity contribution in [3.63, 3.8) is 0 Å². The maximum Gasteiger partial charge on any atom is 0.258 e. The van der Waals surface area contributed by atoms with E-state index < -0.39 is 0 Å². The van der Waals surface area contributed by atoms with E-state index in [1.54, 1.807) is 32.0 Å². The van der Waals surface area contributed by atoms with E-state index in [9.17, 15) is 5.21 Å². The van der Waals surface area contributed by atoms with Crippen molar-refractivity contribution in [3.8, 4) is 11.6 Å². The van der Waals surface area contributed by atoms with Gasteiger partial charge >= 0.3 is 0 Å². The summed E-state index contributed by atoms with van der Waals surface area (Å²) in [7, 11) is 0. The fourth-order valence-corrected chi connectivity index (χ4v) is 1.91. The lowest BCUT2D eigenvalue weighted by Crippen LogP contribution is -2.24. The summed E-state index contributed by atoms with van der Waals surface area (Å²) in [5.41, 5.74) is 0.771. The molecule has 0 aliphatic rings. The summed E-state index contributed by atoms with van der Waals surface area (Å²) in [5.74, 6) is 0.605. The number of ether oxygens (including phenoxy) is 1. The quantitative estimate of drug-likeness (QED) is 0.836. The van der Waals surface area contributed by atoms with E-state index >= 15 is 0 Å². The second-order valence-corrected chi connectivity index (χ2v) is 4.78. The van der Waals surface area contributed by atoms with Gasteiger partial charge < -0.3 is 9.94 Å². The van der Waals surface area contributed by atoms with Crippen molar-refractivity contribution in [2.75, 3.05) is 0 Å². The standard InChI is InChI=1S/C12H11Cl2N3O2/c1-6-7(2)17(18)12(15)16-11(6)19-10-4-3-8(13)5-9(10)14/h3-5,15,18H,1-2H3. The highest BCUT2D eigenvalue weighted by molar-refractivity contribution is 6.35. The molecule has 0 bridgehead atoms. The van der Waals surface area contributed by atoms with Gasteiger partial charge in [0.15, 0.2) is 0 Å². The summed E-state index contributed by atoms with van der Waals surface area (Å²) in [4.78, 5) is 3.86. The molecule has 7 heteroatoms. The zero-order valence-corrected chi connectivity index (χ0v) is 11.7. The summed E-state index contributed by atoms with van der Waals surface area (Å²) in [6.45, 7) is 3.39. The fraction of sp³-hybridized carbons (Fsp3) is 0.167. The normalized spacial score (nSPS) is 10.5. The number of rotatable bonds is 2. The topological polar surface area (TPSA) is 71.1 Å². The van der Waals surface area contributed by atoms with Crippen LogP contribution in [0.4, 0.5) is 0 Å². The van der Waals surface area contributed by atoms with Crippen LogP contribution in [0, 0.1) is 19.3 Å². The monoisotopic (exact) mass is 299 g/mol. The molecule has 1 aromatic heterocycles. The molecule has 0 amide bonds. The molecule has 5 nitrogen and oxygen atoms in total. The Bertz CT molecular complexity index is 698. The molecule has 0 radical (unpaired) electrons. The number of hydrogen-bond donors (Lipinski definition) is 2. The molecule has 1 heterocycles. The highest BCUT2D eigenvalue weighted by Gasteiger charge is 2.12. The molecule has 19 heavy (non-hydrogen) atoms. The molecule has 0 aliphatic carbocycles. The first kappa shape index (κ1) is 13.7. The first-order valence-corrected chi connectivity index (χ1v) is 6.12. The highest BCUT2D eigenvalue weighted by Crippen LogP contribution is 2.31. The van der Waals surface area contributed by atoms with Gasteiger partial charge in [0, 0.05) is 10.6 Å². The van der Waals surface area contributed by atoms with Gasteiger partial charge in [-0.2, -0.15) is 9.71 Å². The fourth-order valence-electron chi connectivity index (χ4n) is 1.46. The third-order valence-corrected chi connectivity index (χ3v) is 3.22. The second kappa shape index (κ2) is 5.11. The largest absolute Gasteiger partial charge is 0.437 e. The Hall–Kier alpha value is -1.72. The van der Waals surface area contributed by atoms with Gasteiger partial charge in [-0.1, -0.05) is 23.2 Å². The van der Waals surface area contributed by atoms with Gasteiger partial charge in [-0.05, 0) is 32.0 Å². The van der Waals surface area contributed by atoms with Gasteiger partial charge in [-0.25, -0.2) is 0 Å². The van der Waals surface area contributed by atoms with Gasteiger partial charge in [0.1, 0.15) is 5.75 Å². The van der Waals surface area contributed by atoms with E-state index in [0.29, 0.717) is 31.8 Å². The Morgan fingerprint density at radius 3 is 2.63 bits per heavy atom. The molecule has 0 saturated heterocycles. The molecule has 0 aliphatic heterocycles. The Balaban J connectivity index is 2.47. The van der Waals surface area contributed by atoms with E-state index in [1.165, 1.54) is 0 Å². The van der Waals surface area contributed by atoms with E-state index in [1.807, 2.05) is 0 Å². The lowest BCUT2D eigenvalue weighted by molar-refractivity contribution is 0.155. The zero-order valence-electron chi connectivity index (χ0n) is 10.2. The average molecular weight is 300 g/mol. The lowest BCUT2D eigenvalue weighted by atomic mass is 10.2. The predicted octanol–water partition coefficient (Wildman–Crippen LogP) is 3.32. The van der Waals surface area contributed by atoms with Crippen LogP contribution in [0.5, 0.6) is 11.6 Å². The van der Waals surface area contributed by atoms with Gasteiger partial charge in [-0.3, -0.25) is 5.41 Å². The molecule has 2 rings (SSSR count). The molecule has 0 unspecified atom stereocenters. The van der Waals surface area contributed by atoms with Crippen LogP contribution < -0.4 is 10.4 Å². The van der Waals surface area contributed by atoms with Crippen molar-refractivity contribution in [1.82, 2.24) is 9.71 Å². The number of nitrogens with zero attached hydrogens (tertiary/aromatic N) is 2. The lowest BCUT2D eigenvalue weighted by Gasteiger charge is -2.12. The Morgan fingerprint density at radius 2 is 2.00 bits per heavy atom. The predicted molar refractivity (Wildman–Crippen MR) is 71.3 cm³/mol. The van der Waals surface area contributed by atoms with Crippen LogP contribution in [-0.2, 0) is 0 Å². The molecular formula is C12H11Cl2N3O2. The van der Waals surface area contributed by atoms with E-state index in [-0.39, 0.29) is 11.5 Å². The van der Waals surface area contributed by atoms with E-state index in [2.05, 4.69) is 4.98 Å². The molecule has 2 N–H and O–H groups in total. The van der Waals surface area contributed by atoms with Crippen molar-refractivity contribution >= 4 is 23.2 Å². The van der Waals surface area contributed by atoms with Crippen molar-refractivity contribution in [1.29, 1.82) is 5.41 Å². The van der Waals surface area contributed by atoms with E-state index in [0.717, 1.165) is 0 Å². The highest BCUT2D eigenvalue weighted by atomic mass is 35.5. The Kier molecular flexibility index (Phi) is 3.68. The maximum absolute atomic E-state index is 9.54. The molecule has 0 fully saturated rings. The molecular weight excluding hydrogens is 289 g/mol. The molecule has 0 atom stereocenters. The molecule has 1 aromatic carbocycles. The second-order valence-electron chi connectivity index (χ2n) is 3.94. The van der Waals surface area contributed by atoms with Crippen LogP contribution >= 0.6 is 23.2 Å². The van der Waals surface area contributed by atoms with Gasteiger partial charge in [-0.15, -0.1) is 0 Å². The van der Waals surface area contributed by atoms with Crippen molar-refractivity contribution in [2.24, 2.45) is 0 Å². The van der Waals surface area contributed by atoms with Crippen LogP contribution in [-0.4, -0.2) is 14.9 Å². The van der Waals surface area contributed by atoms with Crippen LogP contribution in [0.15, 0.2) is 18.2 Å². The summed E-state index contributed by atoms with van der Waals surface area (Å²) >= 11 is 11.8. The minimum Gasteiger partial charge on any atom is -0.437 e. The minimum atomic E-state index is -0.316. The van der Waals surface area contributed by atoms with Crippen molar-refractivity contribution < 1.29 is 9.94 Å². The number of aromatic nitrogens is 2. The molecule has 0 saturated carbocycles. The van der Waals surface area contributed by atoms with Gasteiger partial charge in [0.05, 0.1) is 10.7 Å². The zero-order chi connectivity index (χ0) is 14.2. The van der Waals surface area contributed by atoms with Crippen LogP contribution in [0.25, 0.3) is 0 Å². The smallest absolute Gasteiger partial charge is 0.258 e. The van der Waals surface area contributed by atoms with Crippen LogP contribution in [0.1, 0.15) is 11.3 Å². The average Bonchev–Trinajstić information content (AvgIpc) is 2.36. The summed E-state index contributed by atoms with van der Waals surface area (Å²) in [6, 6.07) is 4.81. The van der Waals surface area contributed by atoms with E-state index in [4.69, 9.17) is 33.3 Å². The maximum atomic E-state index is 9.54. The Morgan fingerprint density at radius 1 is 1.32 bits per heavy atom. The van der Waals surface area contributed by atoms with Crippen LogP contribution in [0.2, 0.25) is 10.0 Å². The number of nitrogens with one attached hydrogen (secondary N) is 1. The van der Waals surface area contributed by atoms with Crippen LogP contribution in [0.3, 0.4) is 0 Å². The SMILES string of the molecule is Cc1c(Oc2ccc(Cl)cc2Cl)nc(=N)n(O)c1C. The van der Waals surface area contributed by atoms with Crippen molar-refractivity contribution in [3.05, 3.63) is 45.1 Å². The number of hydrogen-bond acceptors (Lipinski definition) is 4. The minimum absolute atomic E-state index is 0.219. The summed E-state index contributed by atoms with van der Waals surface area (Å²) < 4.78 is 6.25. The summed E-state index contributed by atoms with van der Waals surface area (Å²) in [5, 5.41) is 17.9. The summed E-state index contributed by atoms with van der Waals surface area (Å²) in [6.07, 6.45) is 0. The Labute approximate surface area is 119 Å². The number of halogens is 2. The molecule has 100 valence electrons. The molecule has 0 spiro atoms. The first-order valence-electron chi connectivity index (χ1n) is 5.37. The third-order valence-electron chi connectivity index (χ3n) is 2.69. The van der Waals surface area contributed by atoms with Crippen molar-refractivity contribution in [2.45, 2.75) is 13.8 Å². The van der Waals surface area contributed by atoms with Gasteiger partial charge in [0.25, 0.3) is 5.62 Å². The van der Waals surface area contributed by atoms with Gasteiger partial charge in [0.2, 0.25) is 5.88 Å².